The number of urea groups is 1. The zero-order chi connectivity index (χ0) is 18.7. The van der Waals surface area contributed by atoms with Gasteiger partial charge >= 0.3 is 12.0 Å². The fraction of sp³-hybridized carbons (Fsp3) is 0.526. The monoisotopic (exact) mass is 359 g/mol. The summed E-state index contributed by atoms with van der Waals surface area (Å²) in [6.45, 7) is 1.92. The van der Waals surface area contributed by atoms with Gasteiger partial charge in [-0.25, -0.2) is 4.79 Å². The molecule has 2 aliphatic rings. The molecule has 1 aliphatic heterocycles. The first-order valence-electron chi connectivity index (χ1n) is 9.15. The Morgan fingerprint density at radius 3 is 2.62 bits per heavy atom. The van der Waals surface area contributed by atoms with Gasteiger partial charge in [0.1, 0.15) is 0 Å². The van der Waals surface area contributed by atoms with Gasteiger partial charge in [-0.3, -0.25) is 9.59 Å². The Bertz CT molecular complexity index is 711. The number of anilines is 1. The molecule has 4 N–H and O–H groups in total. The van der Waals surface area contributed by atoms with Crippen molar-refractivity contribution in [2.75, 3.05) is 5.32 Å². The lowest BCUT2D eigenvalue weighted by Crippen LogP contribution is -2.44. The maximum Gasteiger partial charge on any atom is 0.315 e. The van der Waals surface area contributed by atoms with Crippen LogP contribution >= 0.6 is 0 Å². The second-order valence-electron chi connectivity index (χ2n) is 7.19. The second-order valence-corrected chi connectivity index (χ2v) is 7.19. The topological polar surface area (TPSA) is 108 Å². The molecule has 1 saturated carbocycles. The quantitative estimate of drug-likeness (QED) is 0.663. The molecule has 0 saturated heterocycles. The number of hydrogen-bond acceptors (Lipinski definition) is 3. The molecule has 1 unspecified atom stereocenters. The molecule has 0 bridgehead atoms. The Kier molecular flexibility index (Phi) is 5.44. The van der Waals surface area contributed by atoms with Crippen molar-refractivity contribution in [3.8, 4) is 0 Å². The summed E-state index contributed by atoms with van der Waals surface area (Å²) in [5, 5.41) is 17.8. The lowest BCUT2D eigenvalue weighted by atomic mass is 9.86. The van der Waals surface area contributed by atoms with Crippen molar-refractivity contribution >= 4 is 23.6 Å². The standard InChI is InChI=1S/C19H25N3O4/c1-11(13-4-8-16-14(10-13)5-9-17(23)22-16)20-19(26)21-15-6-2-12(3-7-15)18(24)25/h4,8,10-12,15H,2-3,5-7,9H2,1H3,(H,22,23)(H,24,25)(H2,20,21,26). The van der Waals surface area contributed by atoms with Crippen LogP contribution in [0.15, 0.2) is 18.2 Å². The van der Waals surface area contributed by atoms with Crippen molar-refractivity contribution in [3.63, 3.8) is 0 Å². The molecule has 0 spiro atoms. The van der Waals surface area contributed by atoms with E-state index in [1.807, 2.05) is 25.1 Å². The van der Waals surface area contributed by atoms with Crippen molar-refractivity contribution in [2.24, 2.45) is 5.92 Å². The Labute approximate surface area is 152 Å². The molecule has 26 heavy (non-hydrogen) atoms. The first-order valence-corrected chi connectivity index (χ1v) is 9.15. The van der Waals surface area contributed by atoms with Gasteiger partial charge in [0, 0.05) is 18.2 Å². The van der Waals surface area contributed by atoms with Crippen molar-refractivity contribution < 1.29 is 19.5 Å². The Hall–Kier alpha value is -2.57. The zero-order valence-corrected chi connectivity index (χ0v) is 14.9. The number of nitrogens with one attached hydrogen (secondary N) is 3. The minimum atomic E-state index is -0.745. The highest BCUT2D eigenvalue weighted by molar-refractivity contribution is 5.93. The van der Waals surface area contributed by atoms with Gasteiger partial charge in [-0.15, -0.1) is 0 Å². The maximum atomic E-state index is 12.2. The Balaban J connectivity index is 1.52. The predicted molar refractivity (Wildman–Crippen MR) is 96.9 cm³/mol. The van der Waals surface area contributed by atoms with Crippen LogP contribution in [-0.4, -0.2) is 29.1 Å². The number of hydrogen-bond donors (Lipinski definition) is 4. The van der Waals surface area contributed by atoms with E-state index in [0.717, 1.165) is 16.8 Å². The minimum absolute atomic E-state index is 0.0246. The number of carbonyl (C=O) groups excluding carboxylic acids is 2. The van der Waals surface area contributed by atoms with Crippen LogP contribution in [0, 0.1) is 5.92 Å². The van der Waals surface area contributed by atoms with E-state index in [1.54, 1.807) is 0 Å². The number of benzene rings is 1. The molecule has 1 aromatic rings. The van der Waals surface area contributed by atoms with Crippen molar-refractivity contribution in [2.45, 2.75) is 57.5 Å². The molecule has 7 nitrogen and oxygen atoms in total. The molecule has 1 heterocycles. The van der Waals surface area contributed by atoms with Crippen LogP contribution in [0.5, 0.6) is 0 Å². The maximum absolute atomic E-state index is 12.2. The normalized spacial score (nSPS) is 23.3. The smallest absolute Gasteiger partial charge is 0.315 e. The van der Waals surface area contributed by atoms with E-state index in [0.29, 0.717) is 38.5 Å². The summed E-state index contributed by atoms with van der Waals surface area (Å²) in [7, 11) is 0. The first kappa shape index (κ1) is 18.2. The molecule has 1 aliphatic carbocycles. The number of fused-ring (bicyclic) bond motifs is 1. The first-order chi connectivity index (χ1) is 12.4. The zero-order valence-electron chi connectivity index (χ0n) is 14.9. The number of carboxylic acid groups (broad SMARTS) is 1. The molecule has 1 atom stereocenters. The number of amides is 3. The van der Waals surface area contributed by atoms with Gasteiger partial charge in [-0.1, -0.05) is 12.1 Å². The van der Waals surface area contributed by atoms with Crippen LogP contribution in [0.2, 0.25) is 0 Å². The molecule has 140 valence electrons. The summed E-state index contributed by atoms with van der Waals surface area (Å²) in [4.78, 5) is 34.7. The molecular formula is C19H25N3O4. The average molecular weight is 359 g/mol. The van der Waals surface area contributed by atoms with E-state index in [2.05, 4.69) is 16.0 Å². The fourth-order valence-electron chi connectivity index (χ4n) is 3.66. The van der Waals surface area contributed by atoms with E-state index in [1.165, 1.54) is 0 Å². The van der Waals surface area contributed by atoms with Crippen LogP contribution in [-0.2, 0) is 16.0 Å². The molecule has 7 heteroatoms. The molecule has 0 radical (unpaired) electrons. The van der Waals surface area contributed by atoms with Crippen molar-refractivity contribution in [1.82, 2.24) is 10.6 Å². The molecule has 1 fully saturated rings. The van der Waals surface area contributed by atoms with Crippen LogP contribution in [0.1, 0.15) is 56.2 Å². The van der Waals surface area contributed by atoms with E-state index in [9.17, 15) is 14.4 Å². The second kappa shape index (κ2) is 7.76. The summed E-state index contributed by atoms with van der Waals surface area (Å²) in [5.41, 5.74) is 2.92. The largest absolute Gasteiger partial charge is 0.481 e. The van der Waals surface area contributed by atoms with Crippen molar-refractivity contribution in [3.05, 3.63) is 29.3 Å². The summed E-state index contributed by atoms with van der Waals surface area (Å²) < 4.78 is 0. The van der Waals surface area contributed by atoms with E-state index in [4.69, 9.17) is 5.11 Å². The van der Waals surface area contributed by atoms with Crippen LogP contribution in [0.3, 0.4) is 0 Å². The highest BCUT2D eigenvalue weighted by atomic mass is 16.4. The van der Waals surface area contributed by atoms with Gasteiger partial charge in [0.05, 0.1) is 12.0 Å². The Morgan fingerprint density at radius 1 is 1.19 bits per heavy atom. The van der Waals surface area contributed by atoms with Crippen LogP contribution in [0.25, 0.3) is 0 Å². The number of carboxylic acids is 1. The molecule has 1 aromatic carbocycles. The number of aryl methyl sites for hydroxylation is 1. The SMILES string of the molecule is CC(NC(=O)NC1CCC(C(=O)O)CC1)c1ccc2c(c1)CCC(=O)N2. The van der Waals surface area contributed by atoms with Gasteiger partial charge in [0.2, 0.25) is 5.91 Å². The highest BCUT2D eigenvalue weighted by Gasteiger charge is 2.27. The van der Waals surface area contributed by atoms with E-state index < -0.39 is 5.97 Å². The average Bonchev–Trinajstić information content (AvgIpc) is 2.61. The number of rotatable bonds is 4. The minimum Gasteiger partial charge on any atom is -0.481 e. The highest BCUT2D eigenvalue weighted by Crippen LogP contribution is 2.27. The third kappa shape index (κ3) is 4.33. The fourth-order valence-corrected chi connectivity index (χ4v) is 3.66. The molecular weight excluding hydrogens is 334 g/mol. The molecule has 0 aromatic heterocycles. The van der Waals surface area contributed by atoms with Gasteiger partial charge in [-0.2, -0.15) is 0 Å². The van der Waals surface area contributed by atoms with Gasteiger partial charge in [0.15, 0.2) is 0 Å². The predicted octanol–water partition coefficient (Wildman–Crippen LogP) is 2.57. The number of carbonyl (C=O) groups is 3. The molecule has 3 rings (SSSR count). The lowest BCUT2D eigenvalue weighted by Gasteiger charge is -2.27. The van der Waals surface area contributed by atoms with Crippen molar-refractivity contribution in [1.29, 1.82) is 0 Å². The number of aliphatic carboxylic acids is 1. The summed E-state index contributed by atoms with van der Waals surface area (Å²) in [5.74, 6) is -0.996. The summed E-state index contributed by atoms with van der Waals surface area (Å²) in [6.07, 6.45) is 3.78. The van der Waals surface area contributed by atoms with Gasteiger partial charge in [0.25, 0.3) is 0 Å². The third-order valence-corrected chi connectivity index (χ3v) is 5.28. The van der Waals surface area contributed by atoms with E-state index in [-0.39, 0.29) is 29.9 Å². The van der Waals surface area contributed by atoms with Gasteiger partial charge < -0.3 is 21.1 Å². The molecule has 3 amide bonds. The third-order valence-electron chi connectivity index (χ3n) is 5.28. The van der Waals surface area contributed by atoms with E-state index >= 15 is 0 Å². The van der Waals surface area contributed by atoms with Crippen LogP contribution in [0.4, 0.5) is 10.5 Å². The Morgan fingerprint density at radius 2 is 1.92 bits per heavy atom. The summed E-state index contributed by atoms with van der Waals surface area (Å²) in [6, 6.07) is 5.45. The van der Waals surface area contributed by atoms with Gasteiger partial charge in [-0.05, 0) is 56.2 Å². The lowest BCUT2D eigenvalue weighted by molar-refractivity contribution is -0.142. The summed E-state index contributed by atoms with van der Waals surface area (Å²) >= 11 is 0. The van der Waals surface area contributed by atoms with Crippen LogP contribution < -0.4 is 16.0 Å².